The number of benzene rings is 1. The zero-order valence-corrected chi connectivity index (χ0v) is 12.9. The van der Waals surface area contributed by atoms with Crippen LogP contribution in [0.15, 0.2) is 57.4 Å². The van der Waals surface area contributed by atoms with Crippen molar-refractivity contribution in [3.8, 4) is 0 Å². The first-order chi connectivity index (χ1) is 9.99. The van der Waals surface area contributed by atoms with E-state index >= 15 is 0 Å². The molecule has 7 nitrogen and oxygen atoms in total. The fraction of sp³-hybridized carbons (Fsp3) is 0.0833. The maximum atomic E-state index is 10.8. The molecule has 1 aromatic rings. The van der Waals surface area contributed by atoms with Crippen LogP contribution in [0.5, 0.6) is 0 Å². The zero-order valence-electron chi connectivity index (χ0n) is 11.3. The van der Waals surface area contributed by atoms with Gasteiger partial charge in [0.05, 0.1) is 14.8 Å². The second-order valence-corrected chi connectivity index (χ2v) is 6.01. The van der Waals surface area contributed by atoms with E-state index in [4.69, 9.17) is 11.7 Å². The number of hydrazone groups is 1. The number of allylic oxidation sites excluding steroid dienone is 1. The molecule has 0 aliphatic heterocycles. The number of hydrazine groups is 1. The number of hydrogen-bond donors (Lipinski definition) is 2. The second kappa shape index (κ2) is 8.35. The number of para-hydroxylation sites is 1. The Morgan fingerprint density at radius 3 is 2.52 bits per heavy atom. The van der Waals surface area contributed by atoms with Gasteiger partial charge in [-0.25, -0.2) is 5.84 Å². The van der Waals surface area contributed by atoms with Crippen molar-refractivity contribution >= 4 is 34.4 Å². The number of nitrogens with two attached hydrogens (primary N) is 2. The summed E-state index contributed by atoms with van der Waals surface area (Å²) < 4.78 is 0.440. The minimum atomic E-state index is -0.479. The molecule has 0 aliphatic rings. The Bertz CT molecular complexity index is 574. The van der Waals surface area contributed by atoms with Crippen LogP contribution in [0.1, 0.15) is 6.92 Å². The van der Waals surface area contributed by atoms with Crippen molar-refractivity contribution in [3.63, 3.8) is 0 Å². The predicted octanol–water partition coefficient (Wildman–Crippen LogP) is 2.67. The summed E-state index contributed by atoms with van der Waals surface area (Å²) in [6.45, 7) is 5.33. The van der Waals surface area contributed by atoms with Crippen LogP contribution in [-0.2, 0) is 0 Å². The van der Waals surface area contributed by atoms with Crippen LogP contribution < -0.4 is 16.7 Å². The lowest BCUT2D eigenvalue weighted by molar-refractivity contribution is -0.410. The van der Waals surface area contributed by atoms with Crippen LogP contribution in [-0.4, -0.2) is 10.1 Å². The highest BCUT2D eigenvalue weighted by Gasteiger charge is 2.17. The molecular weight excluding hydrogens is 310 g/mol. The van der Waals surface area contributed by atoms with Crippen LogP contribution >= 0.6 is 23.5 Å². The standard InChI is InChI=1S/C12H15N5O2S2/c1-3-11(17(18)19)20-9(2)21-12(15-13)16(14)10-7-5-4-6-8-10/h3-8H,2,13-14H2,1H3/b11-3-,15-12+. The SMILES string of the molecule is C=C(S/C(=C\C)[N+](=O)[O-])S/C(=N/N)N(N)c1ccccc1. The molecule has 1 aromatic carbocycles. The van der Waals surface area contributed by atoms with E-state index < -0.39 is 4.92 Å². The molecule has 0 saturated carbocycles. The first-order valence-corrected chi connectivity index (χ1v) is 7.36. The highest BCUT2D eigenvalue weighted by molar-refractivity contribution is 8.30. The molecule has 0 atom stereocenters. The number of anilines is 1. The number of hydrogen-bond acceptors (Lipinski definition) is 7. The molecule has 0 bridgehead atoms. The third-order valence-electron chi connectivity index (χ3n) is 2.20. The van der Waals surface area contributed by atoms with Crippen molar-refractivity contribution in [2.75, 3.05) is 5.01 Å². The van der Waals surface area contributed by atoms with E-state index in [2.05, 4.69) is 11.7 Å². The number of nitro groups is 1. The van der Waals surface area contributed by atoms with Gasteiger partial charge in [0.1, 0.15) is 0 Å². The Kier molecular flexibility index (Phi) is 6.79. The van der Waals surface area contributed by atoms with E-state index in [1.54, 1.807) is 19.1 Å². The Morgan fingerprint density at radius 1 is 1.43 bits per heavy atom. The van der Waals surface area contributed by atoms with Crippen LogP contribution in [0.3, 0.4) is 0 Å². The summed E-state index contributed by atoms with van der Waals surface area (Å²) >= 11 is 1.98. The summed E-state index contributed by atoms with van der Waals surface area (Å²) in [6, 6.07) is 9.07. The summed E-state index contributed by atoms with van der Waals surface area (Å²) in [5.41, 5.74) is 0.688. The fourth-order valence-corrected chi connectivity index (χ4v) is 2.81. The van der Waals surface area contributed by atoms with Crippen LogP contribution in [0.2, 0.25) is 0 Å². The summed E-state index contributed by atoms with van der Waals surface area (Å²) in [5.74, 6) is 11.3. The van der Waals surface area contributed by atoms with Crippen molar-refractivity contribution < 1.29 is 4.92 Å². The minimum absolute atomic E-state index is 0.0212. The smallest absolute Gasteiger partial charge is 0.304 e. The molecule has 0 saturated heterocycles. The molecule has 0 radical (unpaired) electrons. The highest BCUT2D eigenvalue weighted by Crippen LogP contribution is 2.34. The van der Waals surface area contributed by atoms with E-state index in [0.29, 0.717) is 9.92 Å². The molecule has 0 amide bonds. The van der Waals surface area contributed by atoms with Gasteiger partial charge in [0, 0.05) is 0 Å². The maximum Gasteiger partial charge on any atom is 0.304 e. The monoisotopic (exact) mass is 325 g/mol. The van der Waals surface area contributed by atoms with Crippen molar-refractivity contribution in [1.82, 2.24) is 0 Å². The molecule has 0 fully saturated rings. The topological polar surface area (TPSA) is 111 Å². The lowest BCUT2D eigenvalue weighted by atomic mass is 10.3. The van der Waals surface area contributed by atoms with E-state index in [9.17, 15) is 10.1 Å². The molecule has 0 spiro atoms. The average Bonchev–Trinajstić information content (AvgIpc) is 2.50. The van der Waals surface area contributed by atoms with Crippen molar-refractivity contribution in [1.29, 1.82) is 0 Å². The van der Waals surface area contributed by atoms with Crippen molar-refractivity contribution in [2.24, 2.45) is 16.8 Å². The number of nitrogens with zero attached hydrogens (tertiary/aromatic N) is 3. The van der Waals surface area contributed by atoms with Crippen LogP contribution in [0, 0.1) is 10.1 Å². The zero-order chi connectivity index (χ0) is 15.8. The number of amidine groups is 1. The average molecular weight is 325 g/mol. The molecule has 0 aromatic heterocycles. The summed E-state index contributed by atoms with van der Waals surface area (Å²) in [6.07, 6.45) is 1.40. The van der Waals surface area contributed by atoms with E-state index in [1.165, 1.54) is 11.1 Å². The number of thioether (sulfide) groups is 2. The molecule has 4 N–H and O–H groups in total. The van der Waals surface area contributed by atoms with Crippen LogP contribution in [0.25, 0.3) is 0 Å². The van der Waals surface area contributed by atoms with E-state index in [0.717, 1.165) is 23.5 Å². The molecular formula is C12H15N5O2S2. The largest absolute Gasteiger partial charge is 0.321 e. The molecule has 9 heteroatoms. The molecule has 112 valence electrons. The first kappa shape index (κ1) is 17.1. The Hall–Kier alpha value is -1.97. The van der Waals surface area contributed by atoms with Crippen LogP contribution in [0.4, 0.5) is 5.69 Å². The lowest BCUT2D eigenvalue weighted by Gasteiger charge is -2.19. The molecule has 1 rings (SSSR count). The van der Waals surface area contributed by atoms with Gasteiger partial charge >= 0.3 is 5.03 Å². The van der Waals surface area contributed by atoms with Gasteiger partial charge < -0.3 is 5.84 Å². The van der Waals surface area contributed by atoms with Gasteiger partial charge in [0.2, 0.25) is 5.17 Å². The van der Waals surface area contributed by atoms with Gasteiger partial charge in [-0.3, -0.25) is 15.1 Å². The highest BCUT2D eigenvalue weighted by atomic mass is 32.2. The minimum Gasteiger partial charge on any atom is -0.321 e. The molecule has 21 heavy (non-hydrogen) atoms. The fourth-order valence-electron chi connectivity index (χ4n) is 1.28. The van der Waals surface area contributed by atoms with Gasteiger partial charge in [-0.1, -0.05) is 24.8 Å². The Labute approximate surface area is 130 Å². The molecule has 0 aliphatic carbocycles. The Balaban J connectivity index is 2.75. The Morgan fingerprint density at radius 2 is 2.05 bits per heavy atom. The molecule has 0 heterocycles. The van der Waals surface area contributed by atoms with Gasteiger partial charge in [-0.15, -0.1) is 0 Å². The maximum absolute atomic E-state index is 10.8. The number of rotatable bonds is 5. The van der Waals surface area contributed by atoms with Gasteiger partial charge in [0.15, 0.2) is 0 Å². The second-order valence-electron chi connectivity index (χ2n) is 3.58. The molecule has 0 unspecified atom stereocenters. The first-order valence-electron chi connectivity index (χ1n) is 5.72. The van der Waals surface area contributed by atoms with E-state index in [-0.39, 0.29) is 10.2 Å². The summed E-state index contributed by atoms with van der Waals surface area (Å²) in [5, 5.41) is 15.9. The quantitative estimate of drug-likeness (QED) is 0.281. The van der Waals surface area contributed by atoms with Gasteiger partial charge in [-0.2, -0.15) is 5.10 Å². The third kappa shape index (κ3) is 5.14. The lowest BCUT2D eigenvalue weighted by Crippen LogP contribution is -2.36. The third-order valence-corrected chi connectivity index (χ3v) is 4.24. The van der Waals surface area contributed by atoms with Gasteiger partial charge in [-0.05, 0) is 48.7 Å². The predicted molar refractivity (Wildman–Crippen MR) is 89.8 cm³/mol. The van der Waals surface area contributed by atoms with E-state index in [1.807, 2.05) is 18.2 Å². The van der Waals surface area contributed by atoms with Crippen molar-refractivity contribution in [3.05, 3.63) is 62.4 Å². The van der Waals surface area contributed by atoms with Crippen molar-refractivity contribution in [2.45, 2.75) is 6.92 Å². The van der Waals surface area contributed by atoms with Gasteiger partial charge in [0.25, 0.3) is 0 Å². The summed E-state index contributed by atoms with van der Waals surface area (Å²) in [7, 11) is 0. The summed E-state index contributed by atoms with van der Waals surface area (Å²) in [4.78, 5) is 10.3. The normalized spacial score (nSPS) is 12.1.